The third-order valence-corrected chi connectivity index (χ3v) is 5.69. The summed E-state index contributed by atoms with van der Waals surface area (Å²) < 4.78 is 21.4. The topological polar surface area (TPSA) is 43.4 Å². The first-order valence-electron chi connectivity index (χ1n) is 11.6. The number of ether oxygens (including phenoxy) is 4. The van der Waals surface area contributed by atoms with Crippen molar-refractivity contribution in [2.24, 2.45) is 0 Å². The van der Waals surface area contributed by atoms with Gasteiger partial charge in [0.1, 0.15) is 0 Å². The highest BCUT2D eigenvalue weighted by atomic mass is 16.9. The zero-order valence-electron chi connectivity index (χ0n) is 19.5. The molecule has 0 aliphatic carbocycles. The summed E-state index contributed by atoms with van der Waals surface area (Å²) in [6.07, 6.45) is 18.2. The molecule has 0 aromatic heterocycles. The van der Waals surface area contributed by atoms with Crippen molar-refractivity contribution in [3.8, 4) is 0 Å². The average Bonchev–Trinajstić information content (AvgIpc) is 3.20. The molecule has 0 radical (unpaired) electrons. The van der Waals surface area contributed by atoms with E-state index in [2.05, 4.69) is 22.2 Å². The Hall–Kier alpha value is -0.820. The van der Waals surface area contributed by atoms with Crippen LogP contribution in [0.5, 0.6) is 0 Å². The molecular weight excluding hydrogens is 368 g/mol. The maximum atomic E-state index is 5.42. The van der Waals surface area contributed by atoms with Crippen molar-refractivity contribution in [3.05, 3.63) is 12.4 Å². The first kappa shape index (κ1) is 26.2. The number of methoxy groups -OCH3 is 3. The predicted octanol–water partition coefficient (Wildman–Crippen LogP) is 4.95. The van der Waals surface area contributed by atoms with Gasteiger partial charge in [-0.05, 0) is 19.8 Å². The van der Waals surface area contributed by atoms with Crippen LogP contribution in [0.25, 0.3) is 0 Å². The molecule has 1 aliphatic rings. The molecule has 1 heterocycles. The van der Waals surface area contributed by atoms with Crippen LogP contribution in [-0.4, -0.2) is 70.1 Å². The van der Waals surface area contributed by atoms with Gasteiger partial charge in [0.05, 0.1) is 13.3 Å². The van der Waals surface area contributed by atoms with Gasteiger partial charge >= 0.3 is 0 Å². The molecule has 172 valence electrons. The molecule has 0 amide bonds. The van der Waals surface area contributed by atoms with Gasteiger partial charge in [-0.3, -0.25) is 0 Å². The zero-order valence-corrected chi connectivity index (χ0v) is 19.5. The second kappa shape index (κ2) is 16.9. The zero-order chi connectivity index (χ0) is 21.2. The fraction of sp³-hybridized carbons (Fsp3) is 0.913. The van der Waals surface area contributed by atoms with Gasteiger partial charge in [0.15, 0.2) is 0 Å². The van der Waals surface area contributed by atoms with E-state index in [1.54, 1.807) is 21.3 Å². The van der Waals surface area contributed by atoms with E-state index in [4.69, 9.17) is 18.9 Å². The van der Waals surface area contributed by atoms with Crippen molar-refractivity contribution in [1.29, 1.82) is 0 Å². The first-order valence-corrected chi connectivity index (χ1v) is 11.6. The van der Waals surface area contributed by atoms with Gasteiger partial charge in [-0.1, -0.05) is 51.4 Å². The van der Waals surface area contributed by atoms with E-state index in [1.807, 2.05) is 6.92 Å². The van der Waals surface area contributed by atoms with Crippen molar-refractivity contribution in [2.45, 2.75) is 83.5 Å². The molecule has 29 heavy (non-hydrogen) atoms. The lowest BCUT2D eigenvalue weighted by atomic mass is 10.1. The maximum Gasteiger partial charge on any atom is 0.282 e. The van der Waals surface area contributed by atoms with Crippen molar-refractivity contribution < 1.29 is 18.9 Å². The molecule has 0 bridgehead atoms. The lowest BCUT2D eigenvalue weighted by molar-refractivity contribution is -0.355. The molecule has 6 nitrogen and oxygen atoms in total. The molecule has 0 aromatic carbocycles. The van der Waals surface area contributed by atoms with Gasteiger partial charge in [-0.2, -0.15) is 0 Å². The van der Waals surface area contributed by atoms with Crippen LogP contribution in [0.3, 0.4) is 0 Å². The Bertz CT molecular complexity index is 394. The Labute approximate surface area is 179 Å². The van der Waals surface area contributed by atoms with E-state index in [-0.39, 0.29) is 0 Å². The minimum Gasteiger partial charge on any atom is -0.380 e. The second-order valence-corrected chi connectivity index (χ2v) is 7.84. The lowest BCUT2D eigenvalue weighted by Crippen LogP contribution is -2.35. The van der Waals surface area contributed by atoms with Crippen LogP contribution in [0.1, 0.15) is 77.6 Å². The molecule has 0 spiro atoms. The van der Waals surface area contributed by atoms with Crippen LogP contribution in [-0.2, 0) is 18.9 Å². The molecule has 0 unspecified atom stereocenters. The van der Waals surface area contributed by atoms with Crippen LogP contribution >= 0.6 is 0 Å². The molecule has 0 saturated carbocycles. The van der Waals surface area contributed by atoms with E-state index in [0.717, 1.165) is 39.3 Å². The first-order chi connectivity index (χ1) is 14.2. The van der Waals surface area contributed by atoms with Crippen LogP contribution < -0.4 is 0 Å². The van der Waals surface area contributed by atoms with Crippen LogP contribution in [0, 0.1) is 0 Å². The molecular formula is C23H46N2O4. The molecule has 6 heteroatoms. The van der Waals surface area contributed by atoms with E-state index in [9.17, 15) is 0 Å². The standard InChI is InChI=1S/C23H46N2O4/c1-5-29-21-20-25-19-18-24(22-25)17-15-13-11-9-7-6-8-10-12-14-16-23(26-2,27-3)28-4/h18-19H,5-17,20-22H2,1-4H3. The van der Waals surface area contributed by atoms with E-state index in [0.29, 0.717) is 0 Å². The monoisotopic (exact) mass is 414 g/mol. The summed E-state index contributed by atoms with van der Waals surface area (Å²) in [6.45, 7) is 6.86. The summed E-state index contributed by atoms with van der Waals surface area (Å²) in [6, 6.07) is 0. The maximum absolute atomic E-state index is 5.42. The minimum atomic E-state index is -0.855. The quantitative estimate of drug-likeness (QED) is 0.207. The average molecular weight is 415 g/mol. The van der Waals surface area contributed by atoms with Crippen molar-refractivity contribution >= 4 is 0 Å². The third kappa shape index (κ3) is 11.8. The summed E-state index contributed by atoms with van der Waals surface area (Å²) >= 11 is 0. The van der Waals surface area contributed by atoms with E-state index < -0.39 is 5.97 Å². The highest BCUT2D eigenvalue weighted by molar-refractivity contribution is 4.90. The Morgan fingerprint density at radius 1 is 0.690 bits per heavy atom. The van der Waals surface area contributed by atoms with Gasteiger partial charge in [-0.25, -0.2) is 0 Å². The number of hydrogen-bond donors (Lipinski definition) is 0. The van der Waals surface area contributed by atoms with Crippen molar-refractivity contribution in [2.75, 3.05) is 54.3 Å². The second-order valence-electron chi connectivity index (χ2n) is 7.84. The Morgan fingerprint density at radius 3 is 1.69 bits per heavy atom. The smallest absolute Gasteiger partial charge is 0.282 e. The summed E-state index contributed by atoms with van der Waals surface area (Å²) in [5.41, 5.74) is 0. The van der Waals surface area contributed by atoms with E-state index in [1.165, 1.54) is 64.3 Å². The number of unbranched alkanes of at least 4 members (excludes halogenated alkanes) is 9. The molecule has 1 aliphatic heterocycles. The number of rotatable bonds is 20. The van der Waals surface area contributed by atoms with Crippen LogP contribution in [0.2, 0.25) is 0 Å². The van der Waals surface area contributed by atoms with Gasteiger partial charge in [0.25, 0.3) is 5.97 Å². The largest absolute Gasteiger partial charge is 0.380 e. The summed E-state index contributed by atoms with van der Waals surface area (Å²) in [7, 11) is 4.90. The summed E-state index contributed by atoms with van der Waals surface area (Å²) in [4.78, 5) is 4.74. The van der Waals surface area contributed by atoms with Gasteiger partial charge in [0, 0.05) is 59.8 Å². The molecule has 1 rings (SSSR count). The van der Waals surface area contributed by atoms with E-state index >= 15 is 0 Å². The fourth-order valence-electron chi connectivity index (χ4n) is 3.76. The molecule has 0 atom stereocenters. The van der Waals surface area contributed by atoms with Gasteiger partial charge < -0.3 is 28.7 Å². The highest BCUT2D eigenvalue weighted by Gasteiger charge is 2.28. The Balaban J connectivity index is 1.84. The van der Waals surface area contributed by atoms with Gasteiger partial charge in [-0.15, -0.1) is 0 Å². The lowest BCUT2D eigenvalue weighted by Gasteiger charge is -2.28. The minimum absolute atomic E-state index is 0.785. The fourth-order valence-corrected chi connectivity index (χ4v) is 3.76. The normalized spacial score (nSPS) is 14.3. The highest BCUT2D eigenvalue weighted by Crippen LogP contribution is 2.21. The van der Waals surface area contributed by atoms with Crippen molar-refractivity contribution in [3.63, 3.8) is 0 Å². The Kier molecular flexibility index (Phi) is 15.3. The van der Waals surface area contributed by atoms with Crippen LogP contribution in [0.4, 0.5) is 0 Å². The Morgan fingerprint density at radius 2 is 1.17 bits per heavy atom. The molecule has 0 N–H and O–H groups in total. The van der Waals surface area contributed by atoms with Gasteiger partial charge in [0.2, 0.25) is 0 Å². The SMILES string of the molecule is CCOCCN1C=CN(CCCCCCCCCCCCC(OC)(OC)OC)C1. The predicted molar refractivity (Wildman–Crippen MR) is 118 cm³/mol. The summed E-state index contributed by atoms with van der Waals surface area (Å²) in [5, 5.41) is 0. The number of nitrogens with zero attached hydrogens (tertiary/aromatic N) is 2. The van der Waals surface area contributed by atoms with Crippen LogP contribution in [0.15, 0.2) is 12.4 Å². The third-order valence-electron chi connectivity index (χ3n) is 5.69. The molecule has 0 aromatic rings. The summed E-state index contributed by atoms with van der Waals surface area (Å²) in [5.74, 6) is -0.855. The molecule has 0 saturated heterocycles. The number of hydrogen-bond acceptors (Lipinski definition) is 6. The molecule has 0 fully saturated rings. The van der Waals surface area contributed by atoms with Crippen molar-refractivity contribution in [1.82, 2.24) is 9.80 Å².